The van der Waals surface area contributed by atoms with Crippen molar-refractivity contribution in [2.24, 2.45) is 0 Å². The number of fused-ring (bicyclic) bond motifs is 4. The van der Waals surface area contributed by atoms with Crippen LogP contribution in [0.1, 0.15) is 18.9 Å². The van der Waals surface area contributed by atoms with Gasteiger partial charge in [0, 0.05) is 18.0 Å². The monoisotopic (exact) mass is 548 g/mol. The van der Waals surface area contributed by atoms with Gasteiger partial charge in [0.05, 0.1) is 22.7 Å². The SMILES string of the molecule is CCc1cccc2c1N(C(CCN1c3ccccc3Oc3ccc(Cl)cc31)OS(=O)O)c1ccccc1O2. The Morgan fingerprint density at radius 2 is 1.53 bits per heavy atom. The number of aryl methyl sites for hydroxylation is 1. The van der Waals surface area contributed by atoms with Gasteiger partial charge in [0.2, 0.25) is 0 Å². The van der Waals surface area contributed by atoms with Crippen molar-refractivity contribution < 1.29 is 22.4 Å². The van der Waals surface area contributed by atoms with Crippen LogP contribution in [0.3, 0.4) is 0 Å². The summed E-state index contributed by atoms with van der Waals surface area (Å²) in [6.07, 6.45) is 0.344. The second-order valence-corrected chi connectivity index (χ2v) is 10.0. The number of anilines is 4. The molecule has 0 spiro atoms. The summed E-state index contributed by atoms with van der Waals surface area (Å²) in [5.41, 5.74) is 4.33. The van der Waals surface area contributed by atoms with Crippen molar-refractivity contribution in [3.63, 3.8) is 0 Å². The molecule has 0 aliphatic carbocycles. The van der Waals surface area contributed by atoms with Gasteiger partial charge < -0.3 is 19.3 Å². The number of rotatable bonds is 7. The molecule has 0 saturated carbocycles. The van der Waals surface area contributed by atoms with Crippen molar-refractivity contribution in [2.75, 3.05) is 16.3 Å². The molecule has 0 bridgehead atoms. The van der Waals surface area contributed by atoms with Gasteiger partial charge in [-0.3, -0.25) is 4.55 Å². The predicted octanol–water partition coefficient (Wildman–Crippen LogP) is 7.96. The van der Waals surface area contributed by atoms with Gasteiger partial charge in [-0.15, -0.1) is 0 Å². The number of benzene rings is 4. The highest BCUT2D eigenvalue weighted by Gasteiger charge is 2.34. The third-order valence-corrected chi connectivity index (χ3v) is 7.34. The van der Waals surface area contributed by atoms with Gasteiger partial charge in [-0.05, 0) is 60.5 Å². The van der Waals surface area contributed by atoms with E-state index in [9.17, 15) is 8.76 Å². The number of hydrogen-bond acceptors (Lipinski definition) is 6. The molecule has 2 heterocycles. The summed E-state index contributed by atoms with van der Waals surface area (Å²) in [5.74, 6) is 2.74. The number of nitrogens with zero attached hydrogens (tertiary/aromatic N) is 2. The van der Waals surface area contributed by atoms with E-state index in [0.717, 1.165) is 40.5 Å². The van der Waals surface area contributed by atoms with E-state index in [1.54, 1.807) is 6.07 Å². The molecule has 38 heavy (non-hydrogen) atoms. The topological polar surface area (TPSA) is 71.5 Å². The van der Waals surface area contributed by atoms with E-state index >= 15 is 0 Å². The van der Waals surface area contributed by atoms with Gasteiger partial charge in [-0.2, -0.15) is 4.21 Å². The highest BCUT2D eigenvalue weighted by atomic mass is 35.5. The van der Waals surface area contributed by atoms with Crippen LogP contribution in [0, 0.1) is 0 Å². The van der Waals surface area contributed by atoms with Crippen LogP contribution in [-0.2, 0) is 22.0 Å². The molecule has 194 valence electrons. The Morgan fingerprint density at radius 3 is 2.29 bits per heavy atom. The first-order valence-corrected chi connectivity index (χ1v) is 13.7. The Bertz CT molecular complexity index is 1530. The molecule has 2 atom stereocenters. The summed E-state index contributed by atoms with van der Waals surface area (Å²) in [7, 11) is 0. The van der Waals surface area contributed by atoms with Gasteiger partial charge in [0.1, 0.15) is 0 Å². The molecular weight excluding hydrogens is 524 g/mol. The summed E-state index contributed by atoms with van der Waals surface area (Å²) < 4.78 is 40.1. The Labute approximate surface area is 228 Å². The molecule has 9 heteroatoms. The molecule has 0 radical (unpaired) electrons. The molecule has 7 nitrogen and oxygen atoms in total. The predicted molar refractivity (Wildman–Crippen MR) is 150 cm³/mol. The van der Waals surface area contributed by atoms with Crippen molar-refractivity contribution in [1.29, 1.82) is 0 Å². The van der Waals surface area contributed by atoms with Crippen LogP contribution >= 0.6 is 11.6 Å². The average molecular weight is 549 g/mol. The number of para-hydroxylation sites is 5. The highest BCUT2D eigenvalue weighted by Crippen LogP contribution is 2.51. The number of halogens is 1. The van der Waals surface area contributed by atoms with E-state index in [4.69, 9.17) is 25.3 Å². The van der Waals surface area contributed by atoms with Crippen molar-refractivity contribution in [1.82, 2.24) is 0 Å². The molecule has 1 N–H and O–H groups in total. The van der Waals surface area contributed by atoms with E-state index in [0.29, 0.717) is 35.2 Å². The van der Waals surface area contributed by atoms with Crippen LogP contribution in [0.15, 0.2) is 84.9 Å². The van der Waals surface area contributed by atoms with Crippen molar-refractivity contribution in [3.05, 3.63) is 95.5 Å². The molecule has 4 aromatic carbocycles. The van der Waals surface area contributed by atoms with E-state index in [1.807, 2.05) is 83.8 Å². The van der Waals surface area contributed by atoms with E-state index < -0.39 is 17.6 Å². The molecule has 0 amide bonds. The summed E-state index contributed by atoms with van der Waals surface area (Å²) in [4.78, 5) is 4.09. The minimum Gasteiger partial charge on any atom is -0.453 e. The summed E-state index contributed by atoms with van der Waals surface area (Å²) in [5, 5.41) is 0.588. The Kier molecular flexibility index (Phi) is 6.71. The van der Waals surface area contributed by atoms with Crippen molar-refractivity contribution >= 4 is 45.7 Å². The first-order valence-electron chi connectivity index (χ1n) is 12.3. The fraction of sp³-hybridized carbons (Fsp3) is 0.172. The smallest absolute Gasteiger partial charge is 0.304 e. The van der Waals surface area contributed by atoms with Crippen LogP contribution in [-0.4, -0.2) is 21.5 Å². The lowest BCUT2D eigenvalue weighted by Gasteiger charge is -2.40. The molecule has 2 aliphatic rings. The van der Waals surface area contributed by atoms with Crippen LogP contribution in [0.5, 0.6) is 23.0 Å². The Hall–Kier alpha value is -3.56. The van der Waals surface area contributed by atoms with Crippen LogP contribution in [0.4, 0.5) is 22.7 Å². The van der Waals surface area contributed by atoms with E-state index in [2.05, 4.69) is 11.8 Å². The minimum absolute atomic E-state index is 0.373. The van der Waals surface area contributed by atoms with Gasteiger partial charge in [-0.25, -0.2) is 4.18 Å². The number of ether oxygens (including phenoxy) is 2. The molecule has 4 aromatic rings. The van der Waals surface area contributed by atoms with Crippen molar-refractivity contribution in [2.45, 2.75) is 26.0 Å². The molecule has 0 saturated heterocycles. The largest absolute Gasteiger partial charge is 0.453 e. The van der Waals surface area contributed by atoms with Crippen LogP contribution < -0.4 is 19.3 Å². The van der Waals surface area contributed by atoms with Crippen LogP contribution in [0.25, 0.3) is 0 Å². The summed E-state index contributed by atoms with van der Waals surface area (Å²) in [6, 6.07) is 26.8. The molecule has 0 fully saturated rings. The maximum atomic E-state index is 12.1. The molecule has 2 aliphatic heterocycles. The zero-order chi connectivity index (χ0) is 26.2. The third-order valence-electron chi connectivity index (χ3n) is 6.72. The van der Waals surface area contributed by atoms with Gasteiger partial charge >= 0.3 is 11.4 Å². The molecule has 6 rings (SSSR count). The molecular formula is C29H25ClN2O5S. The third kappa shape index (κ3) is 4.50. The lowest BCUT2D eigenvalue weighted by Crippen LogP contribution is -2.39. The van der Waals surface area contributed by atoms with Gasteiger partial charge in [-0.1, -0.05) is 54.9 Å². The second kappa shape index (κ2) is 10.3. The van der Waals surface area contributed by atoms with E-state index in [1.165, 1.54) is 0 Å². The lowest BCUT2D eigenvalue weighted by atomic mass is 10.0. The maximum Gasteiger partial charge on any atom is 0.304 e. The fourth-order valence-electron chi connectivity index (χ4n) is 5.09. The van der Waals surface area contributed by atoms with Crippen molar-refractivity contribution in [3.8, 4) is 23.0 Å². The zero-order valence-electron chi connectivity index (χ0n) is 20.5. The normalized spacial score (nSPS) is 14.8. The van der Waals surface area contributed by atoms with E-state index in [-0.39, 0.29) is 0 Å². The molecule has 2 unspecified atom stereocenters. The zero-order valence-corrected chi connectivity index (χ0v) is 22.1. The first-order chi connectivity index (χ1) is 18.5. The standard InChI is InChI=1S/C29H25ClN2O5S/c1-2-19-8-7-13-27-29(19)32(22-10-4-6-12-25(22)36-27)28(37-38(33)34)16-17-31-21-9-3-5-11-24(21)35-26-15-14-20(30)18-23(26)31/h3-15,18,28H,2,16-17H2,1H3,(H,33,34). The maximum absolute atomic E-state index is 12.1. The Morgan fingerprint density at radius 1 is 0.868 bits per heavy atom. The van der Waals surface area contributed by atoms with Gasteiger partial charge in [0.15, 0.2) is 29.2 Å². The quantitative estimate of drug-likeness (QED) is 0.235. The highest BCUT2D eigenvalue weighted by molar-refractivity contribution is 7.74. The summed E-state index contributed by atoms with van der Waals surface area (Å²) in [6.45, 7) is 2.53. The number of hydrogen-bond donors (Lipinski definition) is 1. The fourth-order valence-corrected chi connectivity index (χ4v) is 5.63. The second-order valence-electron chi connectivity index (χ2n) is 8.95. The first kappa shape index (κ1) is 24.8. The lowest BCUT2D eigenvalue weighted by molar-refractivity contribution is 0.198. The van der Waals surface area contributed by atoms with Crippen LogP contribution in [0.2, 0.25) is 5.02 Å². The molecule has 0 aromatic heterocycles. The Balaban J connectivity index is 1.42. The summed E-state index contributed by atoms with van der Waals surface area (Å²) >= 11 is 3.86. The van der Waals surface area contributed by atoms with Gasteiger partial charge in [0.25, 0.3) is 0 Å². The minimum atomic E-state index is -2.51. The average Bonchev–Trinajstić information content (AvgIpc) is 2.93.